The Balaban J connectivity index is 1.48. The van der Waals surface area contributed by atoms with Crippen molar-refractivity contribution in [2.75, 3.05) is 11.9 Å². The second kappa shape index (κ2) is 10.9. The second-order valence-corrected chi connectivity index (χ2v) is 9.91. The summed E-state index contributed by atoms with van der Waals surface area (Å²) < 4.78 is 13.3. The SMILES string of the molecule is CCCCCOc1c(Cl)cc(-c2csc(NC(=O)Cc3coc4c3c(=O)n(C)c(=O)n4C)n2)cc1Cl. The van der Waals surface area contributed by atoms with Crippen LogP contribution in [0.1, 0.15) is 31.7 Å². The van der Waals surface area contributed by atoms with Gasteiger partial charge >= 0.3 is 5.69 Å². The Morgan fingerprint density at radius 3 is 2.58 bits per heavy atom. The summed E-state index contributed by atoms with van der Waals surface area (Å²) in [6.45, 7) is 2.65. The van der Waals surface area contributed by atoms with Crippen molar-refractivity contribution >= 4 is 56.7 Å². The normalized spacial score (nSPS) is 11.2. The number of thiazole rings is 1. The Labute approximate surface area is 220 Å². The van der Waals surface area contributed by atoms with E-state index in [1.165, 1.54) is 36.3 Å². The molecule has 1 amide bonds. The molecule has 0 aliphatic carbocycles. The maximum Gasteiger partial charge on any atom is 0.333 e. The van der Waals surface area contributed by atoms with Crippen LogP contribution in [0.15, 0.2) is 37.8 Å². The number of unbranched alkanes of at least 4 members (excludes halogenated alkanes) is 2. The van der Waals surface area contributed by atoms with E-state index in [4.69, 9.17) is 32.4 Å². The number of ether oxygens (including phenoxy) is 1. The van der Waals surface area contributed by atoms with Gasteiger partial charge < -0.3 is 14.5 Å². The summed E-state index contributed by atoms with van der Waals surface area (Å²) in [7, 11) is 2.87. The third-order valence-electron chi connectivity index (χ3n) is 5.63. The molecule has 0 spiro atoms. The molecule has 1 aromatic carbocycles. The molecule has 0 bridgehead atoms. The first-order valence-electron chi connectivity index (χ1n) is 11.2. The number of furan rings is 1. The van der Waals surface area contributed by atoms with Crippen molar-refractivity contribution in [2.45, 2.75) is 32.6 Å². The van der Waals surface area contributed by atoms with Crippen molar-refractivity contribution in [3.8, 4) is 17.0 Å². The van der Waals surface area contributed by atoms with Gasteiger partial charge in [-0.05, 0) is 18.6 Å². The Morgan fingerprint density at radius 1 is 1.17 bits per heavy atom. The minimum atomic E-state index is -0.521. The average molecular weight is 551 g/mol. The summed E-state index contributed by atoms with van der Waals surface area (Å²) in [4.78, 5) is 41.8. The molecule has 3 aromatic heterocycles. The van der Waals surface area contributed by atoms with E-state index in [2.05, 4.69) is 17.2 Å². The van der Waals surface area contributed by atoms with Gasteiger partial charge in [-0.15, -0.1) is 11.3 Å². The number of benzene rings is 1. The van der Waals surface area contributed by atoms with Gasteiger partial charge in [0.15, 0.2) is 10.9 Å². The van der Waals surface area contributed by atoms with Gasteiger partial charge in [-0.1, -0.05) is 43.0 Å². The molecule has 36 heavy (non-hydrogen) atoms. The first-order chi connectivity index (χ1) is 17.2. The van der Waals surface area contributed by atoms with Gasteiger partial charge in [0.2, 0.25) is 11.6 Å². The van der Waals surface area contributed by atoms with Gasteiger partial charge in [0.25, 0.3) is 5.56 Å². The standard InChI is InChI=1S/C24H24Cl2N4O5S/c1-4-5-6-7-34-20-15(25)8-13(9-16(20)26)17-12-36-23(27-17)28-18(31)10-14-11-35-22-19(14)21(32)29(2)24(33)30(22)3/h8-9,11-12H,4-7,10H2,1-3H3,(H,27,28,31). The number of rotatable bonds is 9. The number of nitrogens with zero attached hydrogens (tertiary/aromatic N) is 3. The van der Waals surface area contributed by atoms with Crippen LogP contribution in [0.25, 0.3) is 22.4 Å². The van der Waals surface area contributed by atoms with Crippen molar-refractivity contribution < 1.29 is 13.9 Å². The summed E-state index contributed by atoms with van der Waals surface area (Å²) in [5, 5.41) is 5.84. The van der Waals surface area contributed by atoms with E-state index >= 15 is 0 Å². The lowest BCUT2D eigenvalue weighted by atomic mass is 10.1. The Kier molecular flexibility index (Phi) is 7.87. The molecule has 12 heteroatoms. The van der Waals surface area contributed by atoms with Crippen LogP contribution in [-0.2, 0) is 25.3 Å². The highest BCUT2D eigenvalue weighted by Crippen LogP contribution is 2.38. The number of carbonyl (C=O) groups excluding carboxylic acids is 1. The van der Waals surface area contributed by atoms with Crippen molar-refractivity contribution in [2.24, 2.45) is 14.1 Å². The molecule has 4 rings (SSSR count). The predicted octanol–water partition coefficient (Wildman–Crippen LogP) is 5.01. The number of anilines is 1. The van der Waals surface area contributed by atoms with Gasteiger partial charge in [0.1, 0.15) is 5.39 Å². The first kappa shape index (κ1) is 26.0. The molecule has 0 radical (unpaired) electrons. The van der Waals surface area contributed by atoms with E-state index in [9.17, 15) is 14.4 Å². The number of hydrogen-bond acceptors (Lipinski definition) is 7. The summed E-state index contributed by atoms with van der Waals surface area (Å²) in [6, 6.07) is 3.45. The fraction of sp³-hybridized carbons (Fsp3) is 0.333. The molecule has 9 nitrogen and oxygen atoms in total. The predicted molar refractivity (Wildman–Crippen MR) is 142 cm³/mol. The molecule has 3 heterocycles. The zero-order chi connectivity index (χ0) is 26.0. The fourth-order valence-electron chi connectivity index (χ4n) is 3.73. The van der Waals surface area contributed by atoms with E-state index in [1.807, 2.05) is 0 Å². The van der Waals surface area contributed by atoms with Gasteiger partial charge in [0, 0.05) is 30.6 Å². The maximum atomic E-state index is 12.7. The zero-order valence-corrected chi connectivity index (χ0v) is 22.2. The molecular weight excluding hydrogens is 527 g/mol. The number of aryl methyl sites for hydroxylation is 1. The lowest BCUT2D eigenvalue weighted by molar-refractivity contribution is -0.115. The molecule has 0 aliphatic rings. The topological polar surface area (TPSA) is 108 Å². The van der Waals surface area contributed by atoms with Crippen LogP contribution in [0, 0.1) is 0 Å². The zero-order valence-electron chi connectivity index (χ0n) is 19.9. The summed E-state index contributed by atoms with van der Waals surface area (Å²) in [5.41, 5.74) is 0.747. The molecule has 0 unspecified atom stereocenters. The van der Waals surface area contributed by atoms with Crippen molar-refractivity contribution in [3.63, 3.8) is 0 Å². The van der Waals surface area contributed by atoms with Crippen molar-refractivity contribution in [1.82, 2.24) is 14.1 Å². The van der Waals surface area contributed by atoms with Gasteiger partial charge in [-0.25, -0.2) is 9.78 Å². The van der Waals surface area contributed by atoms with Gasteiger partial charge in [0.05, 0.1) is 35.0 Å². The number of hydrogen-bond donors (Lipinski definition) is 1. The van der Waals surface area contributed by atoms with Crippen LogP contribution in [0.2, 0.25) is 10.0 Å². The summed E-state index contributed by atoms with van der Waals surface area (Å²) in [5.74, 6) is 0.0549. The third-order valence-corrected chi connectivity index (χ3v) is 6.95. The molecule has 0 saturated heterocycles. The van der Waals surface area contributed by atoms with Crippen LogP contribution in [0.4, 0.5) is 5.13 Å². The summed E-state index contributed by atoms with van der Waals surface area (Å²) in [6.07, 6.45) is 4.25. The van der Waals surface area contributed by atoms with Crippen molar-refractivity contribution in [3.05, 3.63) is 60.2 Å². The highest BCUT2D eigenvalue weighted by Gasteiger charge is 2.19. The number of halogens is 2. The first-order valence-corrected chi connectivity index (χ1v) is 12.9. The highest BCUT2D eigenvalue weighted by molar-refractivity contribution is 7.14. The summed E-state index contributed by atoms with van der Waals surface area (Å²) >= 11 is 14.0. The Morgan fingerprint density at radius 2 is 1.89 bits per heavy atom. The largest absolute Gasteiger partial charge is 0.490 e. The van der Waals surface area contributed by atoms with E-state index in [0.717, 1.165) is 23.8 Å². The molecule has 0 aliphatic heterocycles. The van der Waals surface area contributed by atoms with Crippen LogP contribution >= 0.6 is 34.5 Å². The lowest BCUT2D eigenvalue weighted by Gasteiger charge is -2.11. The van der Waals surface area contributed by atoms with E-state index in [1.54, 1.807) is 17.5 Å². The molecule has 190 valence electrons. The number of carbonyl (C=O) groups is 1. The Hall–Kier alpha value is -3.08. The van der Waals surface area contributed by atoms with E-state index < -0.39 is 11.2 Å². The average Bonchev–Trinajstić information content (AvgIpc) is 3.47. The number of aromatic nitrogens is 3. The van der Waals surface area contributed by atoms with Crippen LogP contribution in [0.5, 0.6) is 5.75 Å². The van der Waals surface area contributed by atoms with E-state index in [-0.39, 0.29) is 23.4 Å². The number of amides is 1. The fourth-order valence-corrected chi connectivity index (χ4v) is 5.06. The second-order valence-electron chi connectivity index (χ2n) is 8.23. The monoisotopic (exact) mass is 550 g/mol. The van der Waals surface area contributed by atoms with Gasteiger partial charge in [-0.3, -0.25) is 18.7 Å². The smallest absolute Gasteiger partial charge is 0.333 e. The van der Waals surface area contributed by atoms with Crippen LogP contribution < -0.4 is 21.3 Å². The number of fused-ring (bicyclic) bond motifs is 1. The molecular formula is C24H24Cl2N4O5S. The lowest BCUT2D eigenvalue weighted by Crippen LogP contribution is -2.36. The number of nitrogens with one attached hydrogen (secondary N) is 1. The molecule has 0 atom stereocenters. The minimum Gasteiger partial charge on any atom is -0.490 e. The maximum absolute atomic E-state index is 12.7. The highest BCUT2D eigenvalue weighted by atomic mass is 35.5. The third kappa shape index (κ3) is 5.21. The van der Waals surface area contributed by atoms with Gasteiger partial charge in [-0.2, -0.15) is 0 Å². The molecule has 1 N–H and O–H groups in total. The molecule has 0 fully saturated rings. The van der Waals surface area contributed by atoms with Crippen LogP contribution in [0.3, 0.4) is 0 Å². The van der Waals surface area contributed by atoms with Crippen LogP contribution in [-0.4, -0.2) is 26.6 Å². The van der Waals surface area contributed by atoms with E-state index in [0.29, 0.717) is 44.4 Å². The molecule has 4 aromatic rings. The quantitative estimate of drug-likeness (QED) is 0.293. The Bertz CT molecular complexity index is 1530. The molecule has 0 saturated carbocycles. The minimum absolute atomic E-state index is 0.119. The van der Waals surface area contributed by atoms with Crippen molar-refractivity contribution in [1.29, 1.82) is 0 Å².